The highest BCUT2D eigenvalue weighted by atomic mass is 16.2. The number of carbonyl (C=O) groups excluding carboxylic acids is 1. The molecule has 0 saturated heterocycles. The van der Waals surface area contributed by atoms with E-state index in [-0.39, 0.29) is 5.91 Å². The first kappa shape index (κ1) is 20.1. The van der Waals surface area contributed by atoms with E-state index in [4.69, 9.17) is 4.98 Å². The Hall–Kier alpha value is -2.62. The Morgan fingerprint density at radius 2 is 1.79 bits per heavy atom. The lowest BCUT2D eigenvalue weighted by Crippen LogP contribution is -2.33. The number of hydrogen-bond acceptors (Lipinski definition) is 2. The molecule has 3 aromatic rings. The number of unbranched alkanes of at least 4 members (excludes halogenated alkanes) is 1. The largest absolute Gasteiger partial charge is 0.331 e. The van der Waals surface area contributed by atoms with Crippen LogP contribution in [0, 0.1) is 5.92 Å². The molecule has 0 N–H and O–H groups in total. The summed E-state index contributed by atoms with van der Waals surface area (Å²) in [5, 5.41) is 0. The Kier molecular flexibility index (Phi) is 6.85. The van der Waals surface area contributed by atoms with Gasteiger partial charge in [-0.2, -0.15) is 0 Å². The molecule has 1 aromatic heterocycles. The number of aromatic nitrogens is 2. The van der Waals surface area contributed by atoms with Crippen LogP contribution in [0.25, 0.3) is 11.0 Å². The van der Waals surface area contributed by atoms with E-state index >= 15 is 0 Å². The first-order valence-corrected chi connectivity index (χ1v) is 10.4. The highest BCUT2D eigenvalue weighted by molar-refractivity contribution is 5.94. The highest BCUT2D eigenvalue weighted by Crippen LogP contribution is 2.20. The van der Waals surface area contributed by atoms with Crippen molar-refractivity contribution in [2.24, 2.45) is 5.92 Å². The van der Waals surface area contributed by atoms with Crippen molar-refractivity contribution >= 4 is 16.9 Å². The Morgan fingerprint density at radius 1 is 1.07 bits per heavy atom. The van der Waals surface area contributed by atoms with E-state index in [0.717, 1.165) is 54.8 Å². The summed E-state index contributed by atoms with van der Waals surface area (Å²) >= 11 is 0. The third kappa shape index (κ3) is 4.80. The SMILES string of the molecule is CCCCn1c(CN(CCC(C)C)C(=O)c2ccccc2)nc2ccccc21. The molecule has 0 radical (unpaired) electrons. The molecule has 0 unspecified atom stereocenters. The molecule has 148 valence electrons. The number of benzene rings is 2. The summed E-state index contributed by atoms with van der Waals surface area (Å²) in [7, 11) is 0. The van der Waals surface area contributed by atoms with Crippen LogP contribution in [-0.2, 0) is 13.1 Å². The van der Waals surface area contributed by atoms with Gasteiger partial charge in [-0.3, -0.25) is 4.79 Å². The molecule has 1 heterocycles. The Balaban J connectivity index is 1.92. The zero-order valence-electron chi connectivity index (χ0n) is 17.3. The van der Waals surface area contributed by atoms with Crippen LogP contribution in [0.4, 0.5) is 0 Å². The molecule has 0 saturated carbocycles. The number of aryl methyl sites for hydroxylation is 1. The van der Waals surface area contributed by atoms with Crippen molar-refractivity contribution in [3.63, 3.8) is 0 Å². The van der Waals surface area contributed by atoms with Crippen LogP contribution in [0.15, 0.2) is 54.6 Å². The average molecular weight is 378 g/mol. The van der Waals surface area contributed by atoms with Gasteiger partial charge in [0.15, 0.2) is 0 Å². The molecule has 0 aliphatic carbocycles. The van der Waals surface area contributed by atoms with Crippen molar-refractivity contribution in [2.45, 2.75) is 53.1 Å². The third-order valence-electron chi connectivity index (χ3n) is 5.09. The van der Waals surface area contributed by atoms with Gasteiger partial charge in [0, 0.05) is 18.7 Å². The Bertz CT molecular complexity index is 899. The van der Waals surface area contributed by atoms with Gasteiger partial charge in [-0.25, -0.2) is 4.98 Å². The van der Waals surface area contributed by atoms with E-state index in [0.29, 0.717) is 12.5 Å². The molecule has 1 amide bonds. The predicted octanol–water partition coefficient (Wildman–Crippen LogP) is 5.52. The van der Waals surface area contributed by atoms with Crippen LogP contribution < -0.4 is 0 Å². The first-order valence-electron chi connectivity index (χ1n) is 10.4. The lowest BCUT2D eigenvalue weighted by molar-refractivity contribution is 0.0729. The number of carbonyl (C=O) groups is 1. The third-order valence-corrected chi connectivity index (χ3v) is 5.09. The fourth-order valence-electron chi connectivity index (χ4n) is 3.41. The summed E-state index contributed by atoms with van der Waals surface area (Å²) in [5.41, 5.74) is 2.90. The molecular formula is C24H31N3O. The molecule has 0 atom stereocenters. The van der Waals surface area contributed by atoms with Crippen LogP contribution in [0.1, 0.15) is 56.2 Å². The van der Waals surface area contributed by atoms with E-state index in [1.807, 2.05) is 41.3 Å². The fourth-order valence-corrected chi connectivity index (χ4v) is 3.41. The molecule has 0 aliphatic rings. The van der Waals surface area contributed by atoms with Gasteiger partial charge in [-0.05, 0) is 43.0 Å². The van der Waals surface area contributed by atoms with Crippen molar-refractivity contribution in [3.05, 3.63) is 66.0 Å². The molecule has 0 bridgehead atoms. The van der Waals surface area contributed by atoms with Crippen LogP contribution in [0.3, 0.4) is 0 Å². The molecule has 28 heavy (non-hydrogen) atoms. The monoisotopic (exact) mass is 377 g/mol. The average Bonchev–Trinajstić information content (AvgIpc) is 3.06. The zero-order valence-corrected chi connectivity index (χ0v) is 17.3. The van der Waals surface area contributed by atoms with Gasteiger partial charge in [-0.15, -0.1) is 0 Å². The van der Waals surface area contributed by atoms with Crippen LogP contribution in [-0.4, -0.2) is 26.9 Å². The second-order valence-electron chi connectivity index (χ2n) is 7.80. The summed E-state index contributed by atoms with van der Waals surface area (Å²) in [6.45, 7) is 8.81. The summed E-state index contributed by atoms with van der Waals surface area (Å²) in [5.74, 6) is 1.60. The topological polar surface area (TPSA) is 38.1 Å². The first-order chi connectivity index (χ1) is 13.6. The van der Waals surface area contributed by atoms with E-state index in [1.54, 1.807) is 0 Å². The van der Waals surface area contributed by atoms with E-state index in [1.165, 1.54) is 0 Å². The second kappa shape index (κ2) is 9.54. The second-order valence-corrected chi connectivity index (χ2v) is 7.80. The Morgan fingerprint density at radius 3 is 2.50 bits per heavy atom. The molecule has 2 aromatic carbocycles. The lowest BCUT2D eigenvalue weighted by atomic mass is 10.1. The maximum absolute atomic E-state index is 13.2. The normalized spacial score (nSPS) is 11.3. The minimum Gasteiger partial charge on any atom is -0.331 e. The van der Waals surface area contributed by atoms with E-state index in [2.05, 4.69) is 43.5 Å². The quantitative estimate of drug-likeness (QED) is 0.492. The molecule has 0 spiro atoms. The van der Waals surface area contributed by atoms with Gasteiger partial charge in [0.25, 0.3) is 5.91 Å². The maximum atomic E-state index is 13.2. The lowest BCUT2D eigenvalue weighted by Gasteiger charge is -2.24. The maximum Gasteiger partial charge on any atom is 0.254 e. The predicted molar refractivity (Wildman–Crippen MR) is 115 cm³/mol. The number of hydrogen-bond donors (Lipinski definition) is 0. The van der Waals surface area contributed by atoms with Gasteiger partial charge >= 0.3 is 0 Å². The highest BCUT2D eigenvalue weighted by Gasteiger charge is 2.20. The number of rotatable bonds is 9. The fraction of sp³-hybridized carbons (Fsp3) is 0.417. The number of amides is 1. The van der Waals surface area contributed by atoms with Gasteiger partial charge < -0.3 is 9.47 Å². The standard InChI is InChI=1S/C24H31N3O/c1-4-5-16-27-22-14-10-9-13-21(22)25-23(27)18-26(17-15-19(2)3)24(28)20-11-7-6-8-12-20/h6-14,19H,4-5,15-18H2,1-3H3. The Labute approximate surface area is 168 Å². The van der Waals surface area contributed by atoms with Crippen molar-refractivity contribution < 1.29 is 4.79 Å². The van der Waals surface area contributed by atoms with E-state index in [9.17, 15) is 4.79 Å². The molecule has 0 fully saturated rings. The van der Waals surface area contributed by atoms with Crippen molar-refractivity contribution in [3.8, 4) is 0 Å². The molecular weight excluding hydrogens is 346 g/mol. The van der Waals surface area contributed by atoms with Crippen LogP contribution in [0.5, 0.6) is 0 Å². The van der Waals surface area contributed by atoms with Crippen molar-refractivity contribution in [1.82, 2.24) is 14.5 Å². The number of imidazole rings is 1. The van der Waals surface area contributed by atoms with Gasteiger partial charge in [0.1, 0.15) is 5.82 Å². The van der Waals surface area contributed by atoms with Crippen LogP contribution >= 0.6 is 0 Å². The minimum atomic E-state index is 0.0790. The number of fused-ring (bicyclic) bond motifs is 1. The van der Waals surface area contributed by atoms with E-state index < -0.39 is 0 Å². The molecule has 4 heteroatoms. The number of para-hydroxylation sites is 2. The zero-order chi connectivity index (χ0) is 19.9. The summed E-state index contributed by atoms with van der Waals surface area (Å²) in [6.07, 6.45) is 3.21. The molecule has 0 aliphatic heterocycles. The minimum absolute atomic E-state index is 0.0790. The number of nitrogens with zero attached hydrogens (tertiary/aromatic N) is 3. The van der Waals surface area contributed by atoms with Gasteiger partial charge in [0.05, 0.1) is 17.6 Å². The smallest absolute Gasteiger partial charge is 0.254 e. The van der Waals surface area contributed by atoms with Gasteiger partial charge in [0.2, 0.25) is 0 Å². The summed E-state index contributed by atoms with van der Waals surface area (Å²) in [4.78, 5) is 20.0. The van der Waals surface area contributed by atoms with Crippen molar-refractivity contribution in [2.75, 3.05) is 6.54 Å². The van der Waals surface area contributed by atoms with Gasteiger partial charge in [-0.1, -0.05) is 57.5 Å². The van der Waals surface area contributed by atoms with Crippen LogP contribution in [0.2, 0.25) is 0 Å². The molecule has 4 nitrogen and oxygen atoms in total. The van der Waals surface area contributed by atoms with Crippen molar-refractivity contribution in [1.29, 1.82) is 0 Å². The summed E-state index contributed by atoms with van der Waals surface area (Å²) in [6, 6.07) is 17.8. The molecule has 3 rings (SSSR count). The summed E-state index contributed by atoms with van der Waals surface area (Å²) < 4.78 is 2.29.